The largest absolute Gasteiger partial charge is 0.494 e. The van der Waals surface area contributed by atoms with Gasteiger partial charge in [0.25, 0.3) is 0 Å². The van der Waals surface area contributed by atoms with Crippen molar-refractivity contribution in [1.29, 1.82) is 0 Å². The van der Waals surface area contributed by atoms with Gasteiger partial charge >= 0.3 is 0 Å². The second-order valence-corrected chi connectivity index (χ2v) is 12.0. The zero-order chi connectivity index (χ0) is 32.6. The number of methoxy groups -OCH3 is 2. The number of ketones is 2. The normalized spacial score (nSPS) is 10.9. The summed E-state index contributed by atoms with van der Waals surface area (Å²) in [6, 6.07) is 7.63. The number of nitrogens with zero attached hydrogens (tertiary/aromatic N) is 4. The minimum Gasteiger partial charge on any atom is -0.494 e. The molecule has 2 aromatic carbocycles. The molecular formula is C28H28F2N6O6S2. The van der Waals surface area contributed by atoms with Gasteiger partial charge in [0.1, 0.15) is 11.6 Å². The van der Waals surface area contributed by atoms with Gasteiger partial charge < -0.3 is 20.9 Å². The Morgan fingerprint density at radius 3 is 1.68 bits per heavy atom. The number of hydrogen-bond donors (Lipinski definition) is 2. The number of aromatic nitrogens is 4. The first-order valence-corrected chi connectivity index (χ1v) is 15.4. The average Bonchev–Trinajstić information content (AvgIpc) is 3.00. The van der Waals surface area contributed by atoms with Gasteiger partial charge in [0, 0.05) is 23.5 Å². The molecule has 0 aliphatic rings. The number of thioether (sulfide) groups is 1. The second kappa shape index (κ2) is 14.7. The minimum absolute atomic E-state index is 0.00448. The van der Waals surface area contributed by atoms with E-state index in [-0.39, 0.29) is 51.1 Å². The van der Waals surface area contributed by atoms with Crippen LogP contribution in [0.4, 0.5) is 20.4 Å². The van der Waals surface area contributed by atoms with Crippen LogP contribution in [0.25, 0.3) is 0 Å². The lowest BCUT2D eigenvalue weighted by molar-refractivity contribution is 0.103. The quantitative estimate of drug-likeness (QED) is 0.144. The summed E-state index contributed by atoms with van der Waals surface area (Å²) >= 11 is 1.42. The third-order valence-corrected chi connectivity index (χ3v) is 8.10. The summed E-state index contributed by atoms with van der Waals surface area (Å²) in [5.74, 6) is -1.88. The molecule has 2 heterocycles. The van der Waals surface area contributed by atoms with Crippen molar-refractivity contribution < 1.29 is 36.3 Å². The number of hydrogen-bond acceptors (Lipinski definition) is 13. The summed E-state index contributed by atoms with van der Waals surface area (Å²) in [6.45, 7) is 3.40. The van der Waals surface area contributed by atoms with Crippen LogP contribution in [0.1, 0.15) is 45.7 Å². The summed E-state index contributed by atoms with van der Waals surface area (Å²) in [7, 11) is -0.972. The summed E-state index contributed by atoms with van der Waals surface area (Å²) in [5.41, 5.74) is 11.7. The Bertz CT molecular complexity index is 1810. The van der Waals surface area contributed by atoms with E-state index in [9.17, 15) is 26.8 Å². The standard InChI is InChI=1S/C14H14FN3O4S.C14H14FN3O2S/c1-3-23(20,21)14-17-7-9(13(16)18-14)12(19)8-4-5-11(22-2)10(15)6-8;1-3-21-14-17-7-9(13(16)18-14)12(19)8-4-5-11(20-2)10(15)6-8/h4-7H,3H2,1-2H3,(H2,16,17,18);4-7H,3H2,1-2H3,(H2,16,17,18). The van der Waals surface area contributed by atoms with Gasteiger partial charge in [-0.05, 0) is 42.2 Å². The molecule has 232 valence electrons. The van der Waals surface area contributed by atoms with E-state index in [4.69, 9.17) is 20.9 Å². The number of nitrogen functional groups attached to an aromatic ring is 2. The van der Waals surface area contributed by atoms with Crippen molar-refractivity contribution in [2.24, 2.45) is 0 Å². The van der Waals surface area contributed by atoms with Crippen LogP contribution in [0.15, 0.2) is 59.1 Å². The van der Waals surface area contributed by atoms with E-state index in [1.54, 1.807) is 0 Å². The number of anilines is 2. The summed E-state index contributed by atoms with van der Waals surface area (Å²) in [6.07, 6.45) is 2.39. The first kappa shape index (κ1) is 33.8. The summed E-state index contributed by atoms with van der Waals surface area (Å²) < 4.78 is 60.3. The molecule has 44 heavy (non-hydrogen) atoms. The van der Waals surface area contributed by atoms with Crippen LogP contribution < -0.4 is 20.9 Å². The molecule has 0 amide bonds. The Kier molecular flexibility index (Phi) is 11.3. The van der Waals surface area contributed by atoms with Crippen molar-refractivity contribution in [3.05, 3.63) is 82.7 Å². The van der Waals surface area contributed by atoms with Crippen molar-refractivity contribution in [1.82, 2.24) is 19.9 Å². The molecule has 0 aliphatic carbocycles. The van der Waals surface area contributed by atoms with E-state index < -0.39 is 38.2 Å². The molecule has 2 aromatic heterocycles. The monoisotopic (exact) mass is 646 g/mol. The molecular weight excluding hydrogens is 618 g/mol. The molecule has 0 radical (unpaired) electrons. The fraction of sp³-hybridized carbons (Fsp3) is 0.214. The molecule has 4 N–H and O–H groups in total. The maximum absolute atomic E-state index is 13.7. The Morgan fingerprint density at radius 2 is 1.30 bits per heavy atom. The van der Waals surface area contributed by atoms with Gasteiger partial charge in [-0.15, -0.1) is 0 Å². The Labute approximate surface area is 256 Å². The zero-order valence-corrected chi connectivity index (χ0v) is 25.6. The maximum atomic E-state index is 13.7. The lowest BCUT2D eigenvalue weighted by Gasteiger charge is -2.07. The van der Waals surface area contributed by atoms with Gasteiger partial charge in [-0.25, -0.2) is 37.1 Å². The third kappa shape index (κ3) is 7.82. The highest BCUT2D eigenvalue weighted by molar-refractivity contribution is 7.99. The van der Waals surface area contributed by atoms with Gasteiger partial charge in [0.15, 0.2) is 39.9 Å². The Balaban J connectivity index is 0.000000241. The van der Waals surface area contributed by atoms with Crippen LogP contribution in [0, 0.1) is 11.6 Å². The zero-order valence-electron chi connectivity index (χ0n) is 24.0. The fourth-order valence-corrected chi connectivity index (χ4v) is 4.77. The molecule has 4 rings (SSSR count). The number of carbonyl (C=O) groups excluding carboxylic acids is 2. The molecule has 0 atom stereocenters. The van der Waals surface area contributed by atoms with Crippen LogP contribution in [0.3, 0.4) is 0 Å². The lowest BCUT2D eigenvalue weighted by Crippen LogP contribution is -2.14. The highest BCUT2D eigenvalue weighted by atomic mass is 32.2. The molecule has 12 nitrogen and oxygen atoms in total. The van der Waals surface area contributed by atoms with E-state index in [1.165, 1.54) is 63.4 Å². The Hall–Kier alpha value is -4.70. The Morgan fingerprint density at radius 1 is 0.818 bits per heavy atom. The molecule has 0 fully saturated rings. The van der Waals surface area contributed by atoms with Gasteiger partial charge in [0.05, 0.1) is 31.1 Å². The molecule has 0 aliphatic heterocycles. The molecule has 0 saturated heterocycles. The lowest BCUT2D eigenvalue weighted by atomic mass is 10.1. The van der Waals surface area contributed by atoms with Gasteiger partial charge in [0.2, 0.25) is 15.0 Å². The van der Waals surface area contributed by atoms with E-state index in [0.717, 1.165) is 24.1 Å². The van der Waals surface area contributed by atoms with Crippen molar-refractivity contribution in [3.63, 3.8) is 0 Å². The predicted octanol–water partition coefficient (Wildman–Crippen LogP) is 3.78. The first-order chi connectivity index (χ1) is 20.9. The van der Waals surface area contributed by atoms with Crippen molar-refractivity contribution in [2.75, 3.05) is 37.2 Å². The second-order valence-electron chi connectivity index (χ2n) is 8.60. The number of sulfone groups is 1. The molecule has 16 heteroatoms. The maximum Gasteiger partial charge on any atom is 0.249 e. The highest BCUT2D eigenvalue weighted by Gasteiger charge is 2.21. The topological polar surface area (TPSA) is 190 Å². The van der Waals surface area contributed by atoms with E-state index >= 15 is 0 Å². The van der Waals surface area contributed by atoms with Crippen molar-refractivity contribution in [2.45, 2.75) is 24.2 Å². The van der Waals surface area contributed by atoms with Gasteiger partial charge in [-0.1, -0.05) is 25.6 Å². The van der Waals surface area contributed by atoms with E-state index in [0.29, 0.717) is 5.16 Å². The fourth-order valence-electron chi connectivity index (χ4n) is 3.51. The molecule has 0 unspecified atom stereocenters. The van der Waals surface area contributed by atoms with Crippen LogP contribution in [0.2, 0.25) is 0 Å². The van der Waals surface area contributed by atoms with Crippen LogP contribution >= 0.6 is 11.8 Å². The van der Waals surface area contributed by atoms with Gasteiger partial charge in [-0.3, -0.25) is 9.59 Å². The molecule has 0 spiro atoms. The molecule has 4 aromatic rings. The first-order valence-electron chi connectivity index (χ1n) is 12.7. The van der Waals surface area contributed by atoms with Crippen molar-refractivity contribution >= 4 is 44.8 Å². The van der Waals surface area contributed by atoms with E-state index in [2.05, 4.69) is 19.9 Å². The smallest absolute Gasteiger partial charge is 0.249 e. The third-order valence-electron chi connectivity index (χ3n) is 5.84. The number of nitrogens with two attached hydrogens (primary N) is 2. The average molecular weight is 647 g/mol. The molecule has 0 bridgehead atoms. The van der Waals surface area contributed by atoms with Crippen LogP contribution in [-0.2, 0) is 9.84 Å². The minimum atomic E-state index is -3.63. The number of ether oxygens (including phenoxy) is 2. The van der Waals surface area contributed by atoms with E-state index in [1.807, 2.05) is 6.92 Å². The van der Waals surface area contributed by atoms with Gasteiger partial charge in [-0.2, -0.15) is 0 Å². The summed E-state index contributed by atoms with van der Waals surface area (Å²) in [5, 5.41) is 0.0578. The number of rotatable bonds is 10. The van der Waals surface area contributed by atoms with Crippen LogP contribution in [-0.4, -0.2) is 65.6 Å². The number of carbonyl (C=O) groups is 2. The van der Waals surface area contributed by atoms with Crippen LogP contribution in [0.5, 0.6) is 11.5 Å². The molecule has 0 saturated carbocycles. The number of benzene rings is 2. The highest BCUT2D eigenvalue weighted by Crippen LogP contribution is 2.23. The number of halogens is 2. The van der Waals surface area contributed by atoms with Crippen molar-refractivity contribution in [3.8, 4) is 11.5 Å². The summed E-state index contributed by atoms with van der Waals surface area (Å²) in [4.78, 5) is 40.1. The SMILES string of the molecule is CCS(=O)(=O)c1ncc(C(=O)c2ccc(OC)c(F)c2)c(N)n1.CCSc1ncc(C(=O)c2ccc(OC)c(F)c2)c(N)n1. The predicted molar refractivity (Wildman–Crippen MR) is 160 cm³/mol.